The Morgan fingerprint density at radius 2 is 1.40 bits per heavy atom. The molecule has 0 aliphatic rings. The third-order valence-electron chi connectivity index (χ3n) is 5.86. The van der Waals surface area contributed by atoms with Gasteiger partial charge in [-0.3, -0.25) is 9.59 Å². The summed E-state index contributed by atoms with van der Waals surface area (Å²) in [5.41, 5.74) is 0.424. The lowest BCUT2D eigenvalue weighted by molar-refractivity contribution is 0.0998. The lowest BCUT2D eigenvalue weighted by Gasteiger charge is -2.27. The Labute approximate surface area is 205 Å². The molecule has 8 nitrogen and oxygen atoms in total. The average molecular weight is 487 g/mol. The van der Waals surface area contributed by atoms with E-state index >= 15 is 0 Å². The van der Waals surface area contributed by atoms with Gasteiger partial charge in [0, 0.05) is 28.7 Å². The lowest BCUT2D eigenvalue weighted by atomic mass is 9.79. The summed E-state index contributed by atoms with van der Waals surface area (Å²) in [7, 11) is 1.33. The summed E-state index contributed by atoms with van der Waals surface area (Å²) in [6.45, 7) is 9.87. The first-order valence-corrected chi connectivity index (χ1v) is 11.3. The number of phenols is 5. The van der Waals surface area contributed by atoms with E-state index in [0.29, 0.717) is 0 Å². The molecule has 0 fully saturated rings. The molecule has 0 saturated carbocycles. The molecule has 1 unspecified atom stereocenters. The Hall–Kier alpha value is -3.68. The van der Waals surface area contributed by atoms with Crippen LogP contribution < -0.4 is 4.74 Å². The molecule has 2 aromatic rings. The predicted molar refractivity (Wildman–Crippen MR) is 132 cm³/mol. The molecular formula is C27H34O8. The molecule has 1 atom stereocenters. The SMILES string of the molecule is COc1c(CC=C(C)C)c(O)c(C(CC(C)C)c2c(O)cc(O)c(C(C)=O)c2O)c(O)c1C(C)=O. The van der Waals surface area contributed by atoms with E-state index in [2.05, 4.69) is 0 Å². The summed E-state index contributed by atoms with van der Waals surface area (Å²) in [5, 5.41) is 54.5. The summed E-state index contributed by atoms with van der Waals surface area (Å²) >= 11 is 0. The van der Waals surface area contributed by atoms with Crippen molar-refractivity contribution in [1.82, 2.24) is 0 Å². The molecule has 0 radical (unpaired) electrons. The van der Waals surface area contributed by atoms with Crippen LogP contribution in [0.25, 0.3) is 0 Å². The summed E-state index contributed by atoms with van der Waals surface area (Å²) in [5.74, 6) is -4.92. The lowest BCUT2D eigenvalue weighted by Crippen LogP contribution is -2.12. The Balaban J connectivity index is 3.08. The van der Waals surface area contributed by atoms with Crippen LogP contribution in [0.5, 0.6) is 34.5 Å². The molecule has 35 heavy (non-hydrogen) atoms. The van der Waals surface area contributed by atoms with Crippen LogP contribution in [-0.2, 0) is 6.42 Å². The van der Waals surface area contributed by atoms with Gasteiger partial charge in [0.1, 0.15) is 45.6 Å². The normalized spacial score (nSPS) is 11.9. The van der Waals surface area contributed by atoms with E-state index in [1.165, 1.54) is 14.0 Å². The molecule has 0 aliphatic heterocycles. The van der Waals surface area contributed by atoms with Gasteiger partial charge in [-0.25, -0.2) is 0 Å². The number of methoxy groups -OCH3 is 1. The molecule has 0 saturated heterocycles. The Morgan fingerprint density at radius 3 is 1.86 bits per heavy atom. The van der Waals surface area contributed by atoms with Gasteiger partial charge in [0.15, 0.2) is 11.6 Å². The van der Waals surface area contributed by atoms with Gasteiger partial charge < -0.3 is 30.3 Å². The van der Waals surface area contributed by atoms with E-state index < -0.39 is 46.0 Å². The number of allylic oxidation sites excluding steroid dienone is 2. The van der Waals surface area contributed by atoms with Crippen LogP contribution in [0.4, 0.5) is 0 Å². The van der Waals surface area contributed by atoms with Gasteiger partial charge in [0.25, 0.3) is 0 Å². The molecule has 8 heteroatoms. The van der Waals surface area contributed by atoms with Crippen molar-refractivity contribution in [3.05, 3.63) is 45.5 Å². The fourth-order valence-electron chi connectivity index (χ4n) is 4.35. The molecule has 0 heterocycles. The smallest absolute Gasteiger partial charge is 0.167 e. The van der Waals surface area contributed by atoms with Crippen LogP contribution in [0.2, 0.25) is 0 Å². The van der Waals surface area contributed by atoms with E-state index in [0.717, 1.165) is 18.6 Å². The highest BCUT2D eigenvalue weighted by molar-refractivity contribution is 6.02. The zero-order valence-electron chi connectivity index (χ0n) is 21.2. The van der Waals surface area contributed by atoms with Crippen LogP contribution >= 0.6 is 0 Å². The molecule has 190 valence electrons. The highest BCUT2D eigenvalue weighted by atomic mass is 16.5. The quantitative estimate of drug-likeness (QED) is 0.237. The third kappa shape index (κ3) is 5.37. The maximum atomic E-state index is 12.6. The van der Waals surface area contributed by atoms with Crippen molar-refractivity contribution in [1.29, 1.82) is 0 Å². The van der Waals surface area contributed by atoms with Crippen molar-refractivity contribution in [2.45, 2.75) is 60.3 Å². The van der Waals surface area contributed by atoms with Crippen LogP contribution in [0, 0.1) is 5.92 Å². The first-order chi connectivity index (χ1) is 16.2. The molecule has 0 aromatic heterocycles. The van der Waals surface area contributed by atoms with Crippen molar-refractivity contribution < 1.29 is 39.9 Å². The van der Waals surface area contributed by atoms with Gasteiger partial charge in [-0.1, -0.05) is 25.5 Å². The second-order valence-electron chi connectivity index (χ2n) is 9.33. The first-order valence-electron chi connectivity index (χ1n) is 11.3. The number of benzene rings is 2. The molecule has 0 bridgehead atoms. The summed E-state index contributed by atoms with van der Waals surface area (Å²) in [4.78, 5) is 24.7. The monoisotopic (exact) mass is 486 g/mol. The maximum Gasteiger partial charge on any atom is 0.167 e. The van der Waals surface area contributed by atoms with E-state index in [9.17, 15) is 35.1 Å². The molecular weight excluding hydrogens is 452 g/mol. The van der Waals surface area contributed by atoms with E-state index in [1.807, 2.05) is 33.8 Å². The number of hydrogen-bond acceptors (Lipinski definition) is 8. The highest BCUT2D eigenvalue weighted by Gasteiger charge is 2.35. The van der Waals surface area contributed by atoms with Crippen molar-refractivity contribution in [2.24, 2.45) is 5.92 Å². The topological polar surface area (TPSA) is 145 Å². The van der Waals surface area contributed by atoms with Gasteiger partial charge in [-0.2, -0.15) is 0 Å². The largest absolute Gasteiger partial charge is 0.507 e. The minimum atomic E-state index is -1.04. The van der Waals surface area contributed by atoms with Crippen LogP contribution in [0.15, 0.2) is 17.7 Å². The summed E-state index contributed by atoms with van der Waals surface area (Å²) in [6.07, 6.45) is 2.21. The molecule has 2 rings (SSSR count). The van der Waals surface area contributed by atoms with Crippen molar-refractivity contribution in [3.63, 3.8) is 0 Å². The second-order valence-corrected chi connectivity index (χ2v) is 9.33. The number of carbonyl (C=O) groups excluding carboxylic acids is 2. The van der Waals surface area contributed by atoms with Gasteiger partial charge in [0.2, 0.25) is 0 Å². The second kappa shape index (κ2) is 10.7. The van der Waals surface area contributed by atoms with E-state index in [-0.39, 0.29) is 52.5 Å². The number of Topliss-reactive ketones (excluding diaryl/α,β-unsaturated/α-hetero) is 2. The summed E-state index contributed by atoms with van der Waals surface area (Å²) in [6, 6.07) is 0.937. The highest BCUT2D eigenvalue weighted by Crippen LogP contribution is 2.53. The van der Waals surface area contributed by atoms with Crippen LogP contribution in [0.3, 0.4) is 0 Å². The number of carbonyl (C=O) groups is 2. The minimum Gasteiger partial charge on any atom is -0.507 e. The molecule has 0 spiro atoms. The number of rotatable bonds is 9. The van der Waals surface area contributed by atoms with E-state index in [1.54, 1.807) is 0 Å². The number of phenolic OH excluding ortho intramolecular Hbond substituents is 5. The average Bonchev–Trinajstić information content (AvgIpc) is 2.70. The predicted octanol–water partition coefficient (Wildman–Crippen LogP) is 5.32. The minimum absolute atomic E-state index is 0.0284. The standard InChI is InChI=1S/C27H34O8/c1-12(2)8-9-16-24(32)23(26(34)21(15(6)29)27(16)35-7)17(10-13(3)4)22-19(31)11-18(30)20(14(5)28)25(22)33/h8,11,13,17,30-34H,9-10H2,1-7H3. The van der Waals surface area contributed by atoms with Gasteiger partial charge >= 0.3 is 0 Å². The van der Waals surface area contributed by atoms with Crippen molar-refractivity contribution >= 4 is 11.6 Å². The number of aromatic hydroxyl groups is 5. The number of ether oxygens (including phenoxy) is 1. The Bertz CT molecular complexity index is 1190. The fraction of sp³-hybridized carbons (Fsp3) is 0.407. The maximum absolute atomic E-state index is 12.6. The molecule has 5 N–H and O–H groups in total. The van der Waals surface area contributed by atoms with Crippen molar-refractivity contribution in [3.8, 4) is 34.5 Å². The fourth-order valence-corrected chi connectivity index (χ4v) is 4.35. The number of ketones is 2. The van der Waals surface area contributed by atoms with E-state index in [4.69, 9.17) is 4.74 Å². The first kappa shape index (κ1) is 27.6. The van der Waals surface area contributed by atoms with Crippen molar-refractivity contribution in [2.75, 3.05) is 7.11 Å². The van der Waals surface area contributed by atoms with Gasteiger partial charge in [0.05, 0.1) is 7.11 Å². The van der Waals surface area contributed by atoms with Crippen LogP contribution in [0.1, 0.15) is 91.3 Å². The van der Waals surface area contributed by atoms with Crippen LogP contribution in [-0.4, -0.2) is 44.2 Å². The third-order valence-corrected chi connectivity index (χ3v) is 5.86. The zero-order valence-corrected chi connectivity index (χ0v) is 21.2. The zero-order chi connectivity index (χ0) is 26.8. The van der Waals surface area contributed by atoms with Gasteiger partial charge in [-0.05, 0) is 46.5 Å². The molecule has 0 amide bonds. The Kier molecular flexibility index (Phi) is 8.44. The summed E-state index contributed by atoms with van der Waals surface area (Å²) < 4.78 is 5.42. The Morgan fingerprint density at radius 1 is 0.857 bits per heavy atom. The molecule has 0 aliphatic carbocycles. The number of hydrogen-bond donors (Lipinski definition) is 5. The molecule has 2 aromatic carbocycles. The van der Waals surface area contributed by atoms with Gasteiger partial charge in [-0.15, -0.1) is 0 Å².